The van der Waals surface area contributed by atoms with E-state index in [1.165, 1.54) is 12.1 Å². The van der Waals surface area contributed by atoms with Crippen molar-refractivity contribution in [3.8, 4) is 11.3 Å². The first-order valence-electron chi connectivity index (χ1n) is 13.8. The number of amides is 2. The molecule has 2 atom stereocenters. The second-order valence-electron chi connectivity index (χ2n) is 11.7. The van der Waals surface area contributed by atoms with E-state index in [4.69, 9.17) is 10.7 Å². The quantitative estimate of drug-likeness (QED) is 0.392. The van der Waals surface area contributed by atoms with Gasteiger partial charge in [-0.3, -0.25) is 0 Å². The molecular weight excluding hydrogens is 548 g/mol. The Morgan fingerprint density at radius 3 is 2.39 bits per heavy atom. The summed E-state index contributed by atoms with van der Waals surface area (Å²) in [5.74, 6) is -0.00909. The van der Waals surface area contributed by atoms with Gasteiger partial charge in [0.25, 0.3) is 0 Å². The molecule has 1 aliphatic heterocycles. The molecule has 2 aromatic carbocycles. The standard InChI is InChI=1S/C30H39F2N5O3S/c1-30(2,3)27(37(13-12-25(33)19-31)29(38)35-14-16-41(39,40)17-15-35)28-34-26(23-10-7-11-24(32)18-23)21-36(28)20-22-8-5-4-6-9-22/h4-11,18,21,25,27H,12-17,19-20,33H2,1-3H3/t25-,27-/m0/s1. The molecule has 2 amide bonds. The minimum atomic E-state index is -3.21. The lowest BCUT2D eigenvalue weighted by Crippen LogP contribution is -2.53. The molecule has 3 aromatic rings. The molecule has 2 N–H and O–H groups in total. The highest BCUT2D eigenvalue weighted by molar-refractivity contribution is 7.91. The Morgan fingerprint density at radius 2 is 1.78 bits per heavy atom. The first-order valence-corrected chi connectivity index (χ1v) is 15.6. The van der Waals surface area contributed by atoms with Crippen LogP contribution in [-0.4, -0.2) is 77.7 Å². The van der Waals surface area contributed by atoms with Crippen LogP contribution in [0.3, 0.4) is 0 Å². The number of carbonyl (C=O) groups is 1. The molecule has 0 spiro atoms. The monoisotopic (exact) mass is 587 g/mol. The van der Waals surface area contributed by atoms with Gasteiger partial charge in [0.1, 0.15) is 18.3 Å². The summed E-state index contributed by atoms with van der Waals surface area (Å²) in [6.45, 7) is 6.04. The highest BCUT2D eigenvalue weighted by Crippen LogP contribution is 2.40. The van der Waals surface area contributed by atoms with Crippen molar-refractivity contribution in [2.75, 3.05) is 37.8 Å². The average Bonchev–Trinajstić information content (AvgIpc) is 3.33. The van der Waals surface area contributed by atoms with Gasteiger partial charge in [-0.25, -0.2) is 27.0 Å². The van der Waals surface area contributed by atoms with Gasteiger partial charge < -0.3 is 20.1 Å². The van der Waals surface area contributed by atoms with Crippen LogP contribution in [-0.2, 0) is 16.4 Å². The molecule has 8 nitrogen and oxygen atoms in total. The van der Waals surface area contributed by atoms with Crippen LogP contribution < -0.4 is 5.73 Å². The zero-order valence-electron chi connectivity index (χ0n) is 23.8. The van der Waals surface area contributed by atoms with E-state index >= 15 is 0 Å². The molecule has 1 aliphatic rings. The smallest absolute Gasteiger partial charge is 0.320 e. The number of nitrogens with zero attached hydrogens (tertiary/aromatic N) is 4. The predicted octanol–water partition coefficient (Wildman–Crippen LogP) is 4.66. The highest BCUT2D eigenvalue weighted by Gasteiger charge is 2.41. The second-order valence-corrected chi connectivity index (χ2v) is 14.0. The molecule has 1 aromatic heterocycles. The van der Waals surface area contributed by atoms with Gasteiger partial charge in [0.15, 0.2) is 9.84 Å². The first kappa shape index (κ1) is 30.6. The lowest BCUT2D eigenvalue weighted by molar-refractivity contribution is 0.0826. The zero-order valence-corrected chi connectivity index (χ0v) is 24.7. The number of sulfone groups is 1. The summed E-state index contributed by atoms with van der Waals surface area (Å²) in [6.07, 6.45) is 2.08. The maximum absolute atomic E-state index is 14.2. The molecule has 0 aliphatic carbocycles. The number of urea groups is 1. The van der Waals surface area contributed by atoms with Crippen LogP contribution in [0.1, 0.15) is 44.6 Å². The van der Waals surface area contributed by atoms with Gasteiger partial charge in [0.05, 0.1) is 23.2 Å². The predicted molar refractivity (Wildman–Crippen MR) is 156 cm³/mol. The van der Waals surface area contributed by atoms with Gasteiger partial charge in [-0.05, 0) is 29.5 Å². The molecule has 0 bridgehead atoms. The number of halogens is 2. The Kier molecular flexibility index (Phi) is 9.48. The van der Waals surface area contributed by atoms with E-state index < -0.39 is 34.0 Å². The summed E-state index contributed by atoms with van der Waals surface area (Å²) in [5, 5.41) is 0. The van der Waals surface area contributed by atoms with Crippen LogP contribution in [0.5, 0.6) is 0 Å². The van der Waals surface area contributed by atoms with Crippen LogP contribution in [0.15, 0.2) is 60.8 Å². The average molecular weight is 588 g/mol. The minimum Gasteiger partial charge on any atom is -0.328 e. The van der Waals surface area contributed by atoms with E-state index in [0.717, 1.165) is 5.56 Å². The van der Waals surface area contributed by atoms with Crippen molar-refractivity contribution in [3.63, 3.8) is 0 Å². The fourth-order valence-corrected chi connectivity index (χ4v) is 6.34. The third-order valence-corrected chi connectivity index (χ3v) is 8.91. The highest BCUT2D eigenvalue weighted by atomic mass is 32.2. The summed E-state index contributed by atoms with van der Waals surface area (Å²) < 4.78 is 53.7. The van der Waals surface area contributed by atoms with E-state index in [9.17, 15) is 22.0 Å². The number of hydrogen-bond acceptors (Lipinski definition) is 5. The maximum Gasteiger partial charge on any atom is 0.320 e. The molecule has 0 saturated carbocycles. The molecule has 1 saturated heterocycles. The van der Waals surface area contributed by atoms with Gasteiger partial charge >= 0.3 is 6.03 Å². The van der Waals surface area contributed by atoms with Crippen molar-refractivity contribution in [2.24, 2.45) is 11.1 Å². The van der Waals surface area contributed by atoms with Crippen LogP contribution in [0.4, 0.5) is 13.6 Å². The maximum atomic E-state index is 14.2. The summed E-state index contributed by atoms with van der Waals surface area (Å²) in [7, 11) is -3.21. The van der Waals surface area contributed by atoms with Crippen LogP contribution in [0.2, 0.25) is 0 Å². The van der Waals surface area contributed by atoms with Gasteiger partial charge in [-0.2, -0.15) is 0 Å². The number of carbonyl (C=O) groups excluding carboxylic acids is 1. The summed E-state index contributed by atoms with van der Waals surface area (Å²) >= 11 is 0. The fourth-order valence-electron chi connectivity index (χ4n) is 5.14. The van der Waals surface area contributed by atoms with Gasteiger partial charge in [0, 0.05) is 44.0 Å². The molecule has 222 valence electrons. The lowest BCUT2D eigenvalue weighted by Gasteiger charge is -2.43. The van der Waals surface area contributed by atoms with Crippen molar-refractivity contribution < 1.29 is 22.0 Å². The summed E-state index contributed by atoms with van der Waals surface area (Å²) in [4.78, 5) is 22.3. The van der Waals surface area contributed by atoms with E-state index in [1.54, 1.807) is 21.9 Å². The fraction of sp³-hybridized carbons (Fsp3) is 0.467. The molecule has 1 fully saturated rings. The number of nitrogens with two attached hydrogens (primary N) is 1. The molecule has 4 rings (SSSR count). The van der Waals surface area contributed by atoms with E-state index in [0.29, 0.717) is 23.6 Å². The number of aromatic nitrogens is 2. The van der Waals surface area contributed by atoms with Gasteiger partial charge in [-0.15, -0.1) is 0 Å². The van der Waals surface area contributed by atoms with Crippen molar-refractivity contribution in [1.29, 1.82) is 0 Å². The number of hydrogen-bond donors (Lipinski definition) is 1. The van der Waals surface area contributed by atoms with E-state index in [-0.39, 0.29) is 49.4 Å². The van der Waals surface area contributed by atoms with E-state index in [2.05, 4.69) is 0 Å². The Labute approximate surface area is 241 Å². The SMILES string of the molecule is CC(C)(C)[C@H](c1nc(-c2cccc(F)c2)cn1Cc1ccccc1)N(CC[C@H](N)CF)C(=O)N1CCS(=O)(=O)CC1. The van der Waals surface area contributed by atoms with E-state index in [1.807, 2.05) is 61.9 Å². The Morgan fingerprint density at radius 1 is 1.10 bits per heavy atom. The minimum absolute atomic E-state index is 0.0801. The zero-order chi connectivity index (χ0) is 29.8. The lowest BCUT2D eigenvalue weighted by atomic mass is 9.84. The van der Waals surface area contributed by atoms with Crippen molar-refractivity contribution in [2.45, 2.75) is 45.8 Å². The molecule has 11 heteroatoms. The van der Waals surface area contributed by atoms with Crippen LogP contribution in [0, 0.1) is 11.2 Å². The van der Waals surface area contributed by atoms with Gasteiger partial charge in [-0.1, -0.05) is 63.2 Å². The number of alkyl halides is 1. The summed E-state index contributed by atoms with van der Waals surface area (Å²) in [5.41, 5.74) is 7.58. The number of imidazole rings is 1. The second kappa shape index (κ2) is 12.7. The largest absolute Gasteiger partial charge is 0.328 e. The van der Waals surface area contributed by atoms with Gasteiger partial charge in [0.2, 0.25) is 0 Å². The molecule has 2 heterocycles. The third-order valence-electron chi connectivity index (χ3n) is 7.30. The number of benzene rings is 2. The third kappa shape index (κ3) is 7.71. The first-order chi connectivity index (χ1) is 19.4. The van der Waals surface area contributed by atoms with Crippen LogP contribution >= 0.6 is 0 Å². The molecule has 0 radical (unpaired) electrons. The molecule has 41 heavy (non-hydrogen) atoms. The van der Waals surface area contributed by atoms with Crippen molar-refractivity contribution in [3.05, 3.63) is 78.0 Å². The normalized spacial score (nSPS) is 16.8. The van der Waals surface area contributed by atoms with Crippen molar-refractivity contribution >= 4 is 15.9 Å². The molecule has 0 unspecified atom stereocenters. The Hall–Kier alpha value is -3.31. The van der Waals surface area contributed by atoms with Crippen molar-refractivity contribution in [1.82, 2.24) is 19.4 Å². The Bertz CT molecular complexity index is 1430. The summed E-state index contributed by atoms with van der Waals surface area (Å²) in [6, 6.07) is 14.3. The number of rotatable bonds is 9. The van der Waals surface area contributed by atoms with Crippen LogP contribution in [0.25, 0.3) is 11.3 Å². The molecular formula is C30H39F2N5O3S. The topological polar surface area (TPSA) is 102 Å². The Balaban J connectivity index is 1.82.